The van der Waals surface area contributed by atoms with Gasteiger partial charge in [0.25, 0.3) is 0 Å². The second kappa shape index (κ2) is 10.4. The summed E-state index contributed by atoms with van der Waals surface area (Å²) in [4.78, 5) is 25.3. The molecule has 2 aromatic carbocycles. The van der Waals surface area contributed by atoms with Gasteiger partial charge in [0.15, 0.2) is 0 Å². The van der Waals surface area contributed by atoms with Gasteiger partial charge in [-0.2, -0.15) is 0 Å². The minimum Gasteiger partial charge on any atom is -0.495 e. The summed E-state index contributed by atoms with van der Waals surface area (Å²) in [6.45, 7) is 5.66. The summed E-state index contributed by atoms with van der Waals surface area (Å²) in [5, 5.41) is 6.01. The number of hydrogen-bond donors (Lipinski definition) is 2. The molecule has 0 aromatic heterocycles. The Balaban J connectivity index is 2.05. The van der Waals surface area contributed by atoms with E-state index in [4.69, 9.17) is 16.3 Å². The maximum absolute atomic E-state index is 12.6. The SMILES string of the molecule is CCCC(=O)Nc1cccc(SC(C)C(=O)Nc2cc(C)c(Cl)cc2OC)c1. The summed E-state index contributed by atoms with van der Waals surface area (Å²) in [6.07, 6.45) is 1.28. The number of rotatable bonds is 8. The van der Waals surface area contributed by atoms with Crippen molar-refractivity contribution in [3.63, 3.8) is 0 Å². The maximum atomic E-state index is 12.6. The number of carbonyl (C=O) groups is 2. The Morgan fingerprint density at radius 2 is 1.96 bits per heavy atom. The highest BCUT2D eigenvalue weighted by Gasteiger charge is 2.17. The van der Waals surface area contributed by atoms with E-state index in [-0.39, 0.29) is 17.1 Å². The lowest BCUT2D eigenvalue weighted by atomic mass is 10.2. The minimum atomic E-state index is -0.345. The molecule has 0 saturated carbocycles. The molecule has 0 saturated heterocycles. The van der Waals surface area contributed by atoms with Crippen molar-refractivity contribution in [2.45, 2.75) is 43.8 Å². The van der Waals surface area contributed by atoms with Crippen LogP contribution in [-0.2, 0) is 9.59 Å². The van der Waals surface area contributed by atoms with E-state index >= 15 is 0 Å². The smallest absolute Gasteiger partial charge is 0.237 e. The fourth-order valence-electron chi connectivity index (χ4n) is 2.52. The Kier molecular flexibility index (Phi) is 8.20. The molecule has 0 heterocycles. The van der Waals surface area contributed by atoms with E-state index < -0.39 is 0 Å². The fraction of sp³-hybridized carbons (Fsp3) is 0.333. The number of nitrogens with one attached hydrogen (secondary N) is 2. The van der Waals surface area contributed by atoms with E-state index in [1.165, 1.54) is 18.9 Å². The molecule has 0 spiro atoms. The number of methoxy groups -OCH3 is 1. The van der Waals surface area contributed by atoms with Crippen molar-refractivity contribution in [1.82, 2.24) is 0 Å². The second-order valence-corrected chi connectivity index (χ2v) is 8.20. The number of hydrogen-bond acceptors (Lipinski definition) is 4. The van der Waals surface area contributed by atoms with Crippen molar-refractivity contribution in [2.75, 3.05) is 17.7 Å². The van der Waals surface area contributed by atoms with Crippen LogP contribution in [0, 0.1) is 6.92 Å². The van der Waals surface area contributed by atoms with Crippen LogP contribution in [0.3, 0.4) is 0 Å². The van der Waals surface area contributed by atoms with E-state index in [2.05, 4.69) is 10.6 Å². The predicted molar refractivity (Wildman–Crippen MR) is 117 cm³/mol. The number of ether oxygens (including phenoxy) is 1. The van der Waals surface area contributed by atoms with Gasteiger partial charge in [-0.15, -0.1) is 11.8 Å². The second-order valence-electron chi connectivity index (χ2n) is 6.38. The van der Waals surface area contributed by atoms with E-state index in [9.17, 15) is 9.59 Å². The third-order valence-corrected chi connectivity index (χ3v) is 5.52. The first-order valence-electron chi connectivity index (χ1n) is 9.05. The number of thioether (sulfide) groups is 1. The van der Waals surface area contributed by atoms with Gasteiger partial charge in [0.1, 0.15) is 5.75 Å². The van der Waals surface area contributed by atoms with Crippen molar-refractivity contribution in [2.24, 2.45) is 0 Å². The molecule has 2 rings (SSSR count). The molecule has 0 aliphatic carbocycles. The van der Waals surface area contributed by atoms with Gasteiger partial charge in [-0.05, 0) is 50.1 Å². The first-order valence-corrected chi connectivity index (χ1v) is 10.3. The van der Waals surface area contributed by atoms with Crippen LogP contribution in [0.25, 0.3) is 0 Å². The average Bonchev–Trinajstić information content (AvgIpc) is 2.64. The third kappa shape index (κ3) is 6.17. The number of amides is 2. The molecule has 1 atom stereocenters. The average molecular weight is 421 g/mol. The summed E-state index contributed by atoms with van der Waals surface area (Å²) < 4.78 is 5.31. The van der Waals surface area contributed by atoms with Crippen molar-refractivity contribution in [1.29, 1.82) is 0 Å². The highest BCUT2D eigenvalue weighted by molar-refractivity contribution is 8.00. The first-order chi connectivity index (χ1) is 13.3. The van der Waals surface area contributed by atoms with Crippen LogP contribution < -0.4 is 15.4 Å². The van der Waals surface area contributed by atoms with Gasteiger partial charge >= 0.3 is 0 Å². The van der Waals surface area contributed by atoms with Crippen LogP contribution in [-0.4, -0.2) is 24.2 Å². The zero-order valence-electron chi connectivity index (χ0n) is 16.5. The van der Waals surface area contributed by atoms with Crippen molar-refractivity contribution in [3.05, 3.63) is 47.0 Å². The van der Waals surface area contributed by atoms with Crippen LogP contribution >= 0.6 is 23.4 Å². The maximum Gasteiger partial charge on any atom is 0.237 e. The van der Waals surface area contributed by atoms with E-state index in [0.717, 1.165) is 22.6 Å². The van der Waals surface area contributed by atoms with Crippen LogP contribution in [0.1, 0.15) is 32.3 Å². The zero-order chi connectivity index (χ0) is 20.7. The van der Waals surface area contributed by atoms with Crippen LogP contribution in [0.5, 0.6) is 5.75 Å². The molecule has 2 N–H and O–H groups in total. The molecular formula is C21H25ClN2O3S. The highest BCUT2D eigenvalue weighted by atomic mass is 35.5. The fourth-order valence-corrected chi connectivity index (χ4v) is 3.60. The lowest BCUT2D eigenvalue weighted by Gasteiger charge is -2.16. The predicted octanol–water partition coefficient (Wildman–Crippen LogP) is 5.51. The number of halogens is 1. The normalized spacial score (nSPS) is 11.6. The summed E-state index contributed by atoms with van der Waals surface area (Å²) in [7, 11) is 1.53. The number of anilines is 2. The van der Waals surface area contributed by atoms with Gasteiger partial charge in [-0.1, -0.05) is 24.6 Å². The lowest BCUT2D eigenvalue weighted by Crippen LogP contribution is -2.22. The molecule has 2 aromatic rings. The number of benzene rings is 2. The van der Waals surface area contributed by atoms with Gasteiger partial charge in [0.2, 0.25) is 11.8 Å². The van der Waals surface area contributed by atoms with Crippen LogP contribution in [0.15, 0.2) is 41.3 Å². The molecule has 0 aliphatic heterocycles. The lowest BCUT2D eigenvalue weighted by molar-refractivity contribution is -0.116. The highest BCUT2D eigenvalue weighted by Crippen LogP contribution is 2.32. The minimum absolute atomic E-state index is 0.0133. The summed E-state index contributed by atoms with van der Waals surface area (Å²) in [6, 6.07) is 11.0. The molecule has 0 fully saturated rings. The number of aryl methyl sites for hydroxylation is 1. The van der Waals surface area contributed by atoms with Gasteiger partial charge in [0.05, 0.1) is 18.0 Å². The zero-order valence-corrected chi connectivity index (χ0v) is 18.0. The topological polar surface area (TPSA) is 67.4 Å². The Morgan fingerprint density at radius 3 is 2.64 bits per heavy atom. The van der Waals surface area contributed by atoms with Gasteiger partial charge < -0.3 is 15.4 Å². The monoisotopic (exact) mass is 420 g/mol. The third-order valence-electron chi connectivity index (χ3n) is 4.02. The summed E-state index contributed by atoms with van der Waals surface area (Å²) in [5.41, 5.74) is 2.17. The summed E-state index contributed by atoms with van der Waals surface area (Å²) >= 11 is 7.53. The molecule has 5 nitrogen and oxygen atoms in total. The number of carbonyl (C=O) groups excluding carboxylic acids is 2. The molecule has 2 amide bonds. The summed E-state index contributed by atoms with van der Waals surface area (Å²) in [5.74, 6) is 0.355. The Hall–Kier alpha value is -2.18. The Labute approximate surface area is 175 Å². The molecule has 0 aliphatic rings. The van der Waals surface area contributed by atoms with Crippen LogP contribution in [0.2, 0.25) is 5.02 Å². The Bertz CT molecular complexity index is 858. The molecule has 28 heavy (non-hydrogen) atoms. The van der Waals surface area contributed by atoms with Gasteiger partial charge in [-0.3, -0.25) is 9.59 Å². The molecule has 7 heteroatoms. The van der Waals surface area contributed by atoms with E-state index in [0.29, 0.717) is 22.9 Å². The van der Waals surface area contributed by atoms with Crippen molar-refractivity contribution in [3.8, 4) is 5.75 Å². The van der Waals surface area contributed by atoms with Crippen molar-refractivity contribution >= 4 is 46.6 Å². The molecule has 0 radical (unpaired) electrons. The molecule has 150 valence electrons. The first kappa shape index (κ1) is 22.1. The van der Waals surface area contributed by atoms with Gasteiger partial charge in [-0.25, -0.2) is 0 Å². The van der Waals surface area contributed by atoms with Gasteiger partial charge in [0, 0.05) is 28.1 Å². The quantitative estimate of drug-likeness (QED) is 0.552. The molecule has 0 bridgehead atoms. The Morgan fingerprint density at radius 1 is 1.21 bits per heavy atom. The standard InChI is InChI=1S/C21H25ClN2O3S/c1-5-7-20(25)23-15-8-6-9-16(11-15)28-14(3)21(26)24-18-10-13(2)17(22)12-19(18)27-4/h6,8-12,14H,5,7H2,1-4H3,(H,23,25)(H,24,26). The largest absolute Gasteiger partial charge is 0.495 e. The molecule has 1 unspecified atom stereocenters. The van der Waals surface area contributed by atoms with E-state index in [1.807, 2.05) is 45.0 Å². The molecular weight excluding hydrogens is 396 g/mol. The van der Waals surface area contributed by atoms with Crippen molar-refractivity contribution < 1.29 is 14.3 Å². The van der Waals surface area contributed by atoms with E-state index in [1.54, 1.807) is 12.1 Å². The van der Waals surface area contributed by atoms with Crippen LogP contribution in [0.4, 0.5) is 11.4 Å².